The quantitative estimate of drug-likeness (QED) is 0.829. The van der Waals surface area contributed by atoms with E-state index in [0.717, 1.165) is 25.0 Å². The Balaban J connectivity index is 2.12. The minimum absolute atomic E-state index is 0.0885. The molecule has 1 aliphatic rings. The summed E-state index contributed by atoms with van der Waals surface area (Å²) in [6.45, 7) is 0. The van der Waals surface area contributed by atoms with E-state index in [1.165, 1.54) is 6.07 Å². The fourth-order valence-corrected chi connectivity index (χ4v) is 1.58. The molecule has 86 valence electrons. The first-order valence-corrected chi connectivity index (χ1v) is 5.02. The van der Waals surface area contributed by atoms with Crippen LogP contribution in [0.1, 0.15) is 12.8 Å². The molecule has 0 aliphatic heterocycles. The Kier molecular flexibility index (Phi) is 2.77. The molecule has 1 aliphatic carbocycles. The Morgan fingerprint density at radius 1 is 1.38 bits per heavy atom. The van der Waals surface area contributed by atoms with Crippen molar-refractivity contribution in [1.82, 2.24) is 0 Å². The number of aliphatic carboxylic acids is 1. The summed E-state index contributed by atoms with van der Waals surface area (Å²) >= 11 is 0. The Morgan fingerprint density at radius 2 is 2.06 bits per heavy atom. The number of nitrogens with one attached hydrogen (secondary N) is 1. The zero-order chi connectivity index (χ0) is 11.7. The number of carboxylic acids is 1. The van der Waals surface area contributed by atoms with E-state index in [1.54, 1.807) is 0 Å². The molecule has 16 heavy (non-hydrogen) atoms. The summed E-state index contributed by atoms with van der Waals surface area (Å²) in [5.74, 6) is -2.80. The van der Waals surface area contributed by atoms with Gasteiger partial charge in [-0.25, -0.2) is 13.6 Å². The molecule has 1 aromatic rings. The molecular formula is C11H11F2NO2. The number of benzene rings is 1. The second kappa shape index (κ2) is 4.08. The van der Waals surface area contributed by atoms with Crippen LogP contribution in [0.2, 0.25) is 0 Å². The van der Waals surface area contributed by atoms with E-state index < -0.39 is 23.6 Å². The van der Waals surface area contributed by atoms with Gasteiger partial charge in [-0.2, -0.15) is 0 Å². The van der Waals surface area contributed by atoms with Crippen LogP contribution >= 0.6 is 0 Å². The number of anilines is 1. The van der Waals surface area contributed by atoms with Crippen LogP contribution in [-0.2, 0) is 4.79 Å². The highest BCUT2D eigenvalue weighted by atomic mass is 19.2. The molecule has 0 amide bonds. The van der Waals surface area contributed by atoms with Gasteiger partial charge in [-0.3, -0.25) is 0 Å². The van der Waals surface area contributed by atoms with Crippen molar-refractivity contribution in [2.24, 2.45) is 5.92 Å². The zero-order valence-corrected chi connectivity index (χ0v) is 8.41. The van der Waals surface area contributed by atoms with Crippen molar-refractivity contribution >= 4 is 11.7 Å². The second-order valence-electron chi connectivity index (χ2n) is 3.93. The first-order valence-electron chi connectivity index (χ1n) is 5.02. The highest BCUT2D eigenvalue weighted by Crippen LogP contribution is 2.34. The normalized spacial score (nSPS) is 16.9. The maximum absolute atomic E-state index is 12.9. The molecule has 0 radical (unpaired) electrons. The van der Waals surface area contributed by atoms with Gasteiger partial charge in [-0.1, -0.05) is 0 Å². The first-order chi connectivity index (χ1) is 7.58. The molecule has 1 atom stereocenters. The number of halogens is 2. The van der Waals surface area contributed by atoms with Gasteiger partial charge in [0.2, 0.25) is 0 Å². The minimum atomic E-state index is -0.982. The SMILES string of the molecule is O=C(O)C(Nc1ccc(F)c(F)c1)C1CC1. The molecule has 0 aromatic heterocycles. The van der Waals surface area contributed by atoms with Crippen molar-refractivity contribution < 1.29 is 18.7 Å². The summed E-state index contributed by atoms with van der Waals surface area (Å²) in [5.41, 5.74) is 0.290. The van der Waals surface area contributed by atoms with Crippen molar-refractivity contribution in [3.8, 4) is 0 Å². The topological polar surface area (TPSA) is 49.3 Å². The third-order valence-electron chi connectivity index (χ3n) is 2.60. The van der Waals surface area contributed by atoms with Crippen LogP contribution in [0, 0.1) is 17.6 Å². The van der Waals surface area contributed by atoms with Crippen LogP contribution in [-0.4, -0.2) is 17.1 Å². The lowest BCUT2D eigenvalue weighted by Gasteiger charge is -2.14. The average molecular weight is 227 g/mol. The lowest BCUT2D eigenvalue weighted by Crippen LogP contribution is -2.31. The van der Waals surface area contributed by atoms with Crippen LogP contribution in [0.4, 0.5) is 14.5 Å². The Labute approximate surface area is 91.1 Å². The van der Waals surface area contributed by atoms with Gasteiger partial charge in [0.05, 0.1) is 0 Å². The van der Waals surface area contributed by atoms with E-state index >= 15 is 0 Å². The van der Waals surface area contributed by atoms with Crippen LogP contribution in [0.15, 0.2) is 18.2 Å². The van der Waals surface area contributed by atoms with Crippen LogP contribution in [0.3, 0.4) is 0 Å². The van der Waals surface area contributed by atoms with Gasteiger partial charge in [0, 0.05) is 11.8 Å². The van der Waals surface area contributed by atoms with Gasteiger partial charge in [-0.05, 0) is 30.9 Å². The number of carbonyl (C=O) groups is 1. The fourth-order valence-electron chi connectivity index (χ4n) is 1.58. The van der Waals surface area contributed by atoms with Crippen LogP contribution < -0.4 is 5.32 Å². The van der Waals surface area contributed by atoms with Crippen molar-refractivity contribution in [3.63, 3.8) is 0 Å². The predicted octanol–water partition coefficient (Wildman–Crippen LogP) is 2.24. The van der Waals surface area contributed by atoms with E-state index in [9.17, 15) is 13.6 Å². The van der Waals surface area contributed by atoms with Crippen LogP contribution in [0.5, 0.6) is 0 Å². The maximum atomic E-state index is 12.9. The predicted molar refractivity (Wildman–Crippen MR) is 54.1 cm³/mol. The fraction of sp³-hybridized carbons (Fsp3) is 0.364. The molecule has 0 saturated heterocycles. The minimum Gasteiger partial charge on any atom is -0.480 e. The molecule has 1 aromatic carbocycles. The number of hydrogen-bond donors (Lipinski definition) is 2. The Morgan fingerprint density at radius 3 is 2.56 bits per heavy atom. The number of hydrogen-bond acceptors (Lipinski definition) is 2. The van der Waals surface area contributed by atoms with Crippen LogP contribution in [0.25, 0.3) is 0 Å². The summed E-state index contributed by atoms with van der Waals surface area (Å²) in [5, 5.41) is 11.6. The lowest BCUT2D eigenvalue weighted by atomic mass is 10.1. The van der Waals surface area contributed by atoms with Gasteiger partial charge in [0.25, 0.3) is 0 Å². The van der Waals surface area contributed by atoms with E-state index in [1.807, 2.05) is 0 Å². The monoisotopic (exact) mass is 227 g/mol. The highest BCUT2D eigenvalue weighted by molar-refractivity contribution is 5.78. The van der Waals surface area contributed by atoms with Gasteiger partial charge in [0.15, 0.2) is 11.6 Å². The van der Waals surface area contributed by atoms with Crippen molar-refractivity contribution in [3.05, 3.63) is 29.8 Å². The molecule has 1 fully saturated rings. The third-order valence-corrected chi connectivity index (χ3v) is 2.60. The number of rotatable bonds is 4. The largest absolute Gasteiger partial charge is 0.480 e. The van der Waals surface area contributed by atoms with Gasteiger partial charge < -0.3 is 10.4 Å². The molecule has 1 saturated carbocycles. The molecule has 0 spiro atoms. The molecule has 2 N–H and O–H groups in total. The van der Waals surface area contributed by atoms with Gasteiger partial charge >= 0.3 is 5.97 Å². The number of carboxylic acid groups (broad SMARTS) is 1. The molecule has 0 heterocycles. The summed E-state index contributed by atoms with van der Waals surface area (Å²) < 4.78 is 25.5. The van der Waals surface area contributed by atoms with E-state index in [-0.39, 0.29) is 5.92 Å². The molecule has 2 rings (SSSR count). The van der Waals surface area contributed by atoms with E-state index in [2.05, 4.69) is 5.32 Å². The Hall–Kier alpha value is -1.65. The van der Waals surface area contributed by atoms with Crippen molar-refractivity contribution in [2.75, 3.05) is 5.32 Å². The third kappa shape index (κ3) is 2.29. The second-order valence-corrected chi connectivity index (χ2v) is 3.93. The van der Waals surface area contributed by atoms with E-state index in [0.29, 0.717) is 5.69 Å². The van der Waals surface area contributed by atoms with E-state index in [4.69, 9.17) is 5.11 Å². The highest BCUT2D eigenvalue weighted by Gasteiger charge is 2.36. The molecule has 5 heteroatoms. The summed E-state index contributed by atoms with van der Waals surface area (Å²) in [7, 11) is 0. The molecule has 3 nitrogen and oxygen atoms in total. The molecule has 1 unspecified atom stereocenters. The summed E-state index contributed by atoms with van der Waals surface area (Å²) in [6, 6.07) is 2.55. The molecule has 0 bridgehead atoms. The standard InChI is InChI=1S/C11H11F2NO2/c12-8-4-3-7(5-9(8)13)14-10(11(15)16)6-1-2-6/h3-6,10,14H,1-2H2,(H,15,16). The molecular weight excluding hydrogens is 216 g/mol. The zero-order valence-electron chi connectivity index (χ0n) is 8.41. The first kappa shape index (κ1) is 10.9. The Bertz CT molecular complexity index is 418. The maximum Gasteiger partial charge on any atom is 0.326 e. The smallest absolute Gasteiger partial charge is 0.326 e. The lowest BCUT2D eigenvalue weighted by molar-refractivity contribution is -0.138. The van der Waals surface area contributed by atoms with Gasteiger partial charge in [0.1, 0.15) is 6.04 Å². The van der Waals surface area contributed by atoms with Crippen molar-refractivity contribution in [1.29, 1.82) is 0 Å². The average Bonchev–Trinajstić information content (AvgIpc) is 3.03. The van der Waals surface area contributed by atoms with Crippen molar-refractivity contribution in [2.45, 2.75) is 18.9 Å². The van der Waals surface area contributed by atoms with Gasteiger partial charge in [-0.15, -0.1) is 0 Å². The summed E-state index contributed by atoms with van der Waals surface area (Å²) in [4.78, 5) is 10.9. The summed E-state index contributed by atoms with van der Waals surface area (Å²) in [6.07, 6.45) is 1.71.